The lowest BCUT2D eigenvalue weighted by Gasteiger charge is -2.36. The summed E-state index contributed by atoms with van der Waals surface area (Å²) in [5.41, 5.74) is 28.7. The first kappa shape index (κ1) is 57.5. The molecule has 8 aromatic heterocycles. The lowest BCUT2D eigenvalue weighted by molar-refractivity contribution is -0.114. The Morgan fingerprint density at radius 1 is 0.588 bits per heavy atom. The predicted octanol–water partition coefficient (Wildman–Crippen LogP) is 10.4. The molecule has 0 bridgehead atoms. The molecular weight excluding hydrogens is 1310 g/mol. The minimum Gasteiger partial charge on any atom is -0.383 e. The van der Waals surface area contributed by atoms with Gasteiger partial charge in [-0.2, -0.15) is 0 Å². The van der Waals surface area contributed by atoms with Gasteiger partial charge < -0.3 is 51.0 Å². The molecule has 0 aliphatic heterocycles. The summed E-state index contributed by atoms with van der Waals surface area (Å²) in [5, 5.41) is 4.64. The second kappa shape index (κ2) is 25.2. The number of benzene rings is 2. The summed E-state index contributed by atoms with van der Waals surface area (Å²) in [5.74, 6) is 1.14. The fourth-order valence-corrected chi connectivity index (χ4v) is 13.1. The molecule has 408 valence electrons. The highest BCUT2D eigenvalue weighted by Crippen LogP contribution is 2.46. The van der Waals surface area contributed by atoms with Crippen LogP contribution in [0.2, 0.25) is 15.5 Å². The fourth-order valence-electron chi connectivity index (χ4n) is 10.6. The van der Waals surface area contributed by atoms with E-state index in [9.17, 15) is 18.4 Å². The number of fused-ring (bicyclic) bond motifs is 4. The van der Waals surface area contributed by atoms with Crippen molar-refractivity contribution in [3.8, 4) is 22.3 Å². The van der Waals surface area contributed by atoms with Crippen LogP contribution in [0.25, 0.3) is 66.4 Å². The van der Waals surface area contributed by atoms with Crippen molar-refractivity contribution in [3.05, 3.63) is 133 Å². The van der Waals surface area contributed by atoms with Gasteiger partial charge in [-0.25, -0.2) is 48.7 Å². The summed E-state index contributed by atoms with van der Waals surface area (Å²) in [6.07, 6.45) is 20.5. The highest BCUT2D eigenvalue weighted by Gasteiger charge is 2.35. The number of aromatic amines is 1. The Hall–Kier alpha value is -5.74. The Morgan fingerprint density at radius 3 is 1.52 bits per heavy atom. The summed E-state index contributed by atoms with van der Waals surface area (Å²) in [7, 11) is 2.29. The number of nitrogens with two attached hydrogens (primary N) is 4. The topological polar surface area (TPSA) is 272 Å². The van der Waals surface area contributed by atoms with Crippen molar-refractivity contribution in [3.63, 3.8) is 0 Å². The number of nitrogen functional groups attached to an aromatic ring is 1. The normalized spacial score (nSPS) is 19.1. The van der Waals surface area contributed by atoms with E-state index >= 15 is 0 Å². The molecular formula is C53H49B2Cl3F2I2N16O2. The first-order chi connectivity index (χ1) is 38.6. The van der Waals surface area contributed by atoms with E-state index in [2.05, 4.69) is 110 Å². The van der Waals surface area contributed by atoms with Gasteiger partial charge >= 0.3 is 0 Å². The number of carbonyl (C=O) groups is 2. The molecule has 27 heteroatoms. The molecule has 0 atom stereocenters. The summed E-state index contributed by atoms with van der Waals surface area (Å²) in [6.45, 7) is 0.712. The molecule has 3 aliphatic carbocycles. The van der Waals surface area contributed by atoms with Crippen LogP contribution >= 0.6 is 80.0 Å². The molecule has 18 nitrogen and oxygen atoms in total. The van der Waals surface area contributed by atoms with Crippen LogP contribution in [-0.2, 0) is 9.59 Å². The standard InChI is InChI=1S/C18H16BClFN4O.C17H18FN5.C12H12BClIN4O.C6H3ClIN3/c20-17-16-14(11-2-1-3-12(21)7-11)8-25(18(16)24-9-23-17)13-4-10(5-13)6-15(26)19-22;18-12-3-1-2-11(6-12)14-8-23(13-4-10(5-13)7-19)17-15(14)16(20)21-9-22-17;14-11-10-8(15)4-19(12(10)18-5-17-11)7-1-6(2-7)3-9(20)13-16;7-5-4-3(8)1-9-6(4)11-2-10-5/h1-3,7-10,13H,4-6,22H2;1-3,6,8-10,13H,4-5,7,19H2,(H2,20,21,22);4-7H,1-3,16H2;1-2H,(H,9,10,11). The Kier molecular flexibility index (Phi) is 18.1. The van der Waals surface area contributed by atoms with E-state index in [1.807, 2.05) is 30.7 Å². The lowest BCUT2D eigenvalue weighted by atomic mass is 9.72. The first-order valence-corrected chi connectivity index (χ1v) is 28.7. The maximum Gasteiger partial charge on any atom is 0.292 e. The molecule has 10 aromatic rings. The van der Waals surface area contributed by atoms with Crippen molar-refractivity contribution in [1.82, 2.24) is 58.6 Å². The zero-order valence-corrected chi connectivity index (χ0v) is 49.0. The third kappa shape index (κ3) is 12.2. The zero-order valence-electron chi connectivity index (χ0n) is 42.4. The van der Waals surface area contributed by atoms with Crippen LogP contribution in [0.1, 0.15) is 69.5 Å². The molecule has 2 aromatic carbocycles. The molecule has 3 aliphatic rings. The summed E-state index contributed by atoms with van der Waals surface area (Å²) in [4.78, 5) is 59.0. The first-order valence-electron chi connectivity index (χ1n) is 25.4. The average molecular weight is 1360 g/mol. The highest BCUT2D eigenvalue weighted by molar-refractivity contribution is 14.1. The summed E-state index contributed by atoms with van der Waals surface area (Å²) in [6, 6.07) is 13.9. The van der Waals surface area contributed by atoms with Crippen molar-refractivity contribution >= 4 is 156 Å². The molecule has 13 rings (SSSR count). The van der Waals surface area contributed by atoms with Crippen LogP contribution in [0.15, 0.2) is 98.6 Å². The molecule has 0 unspecified atom stereocenters. The minimum absolute atomic E-state index is 0.0192. The number of hydrogen-bond acceptors (Lipinski definition) is 14. The number of anilines is 1. The third-order valence-electron chi connectivity index (χ3n) is 14.9. The number of hydrogen-bond donors (Lipinski definition) is 5. The number of nitrogens with one attached hydrogen (secondary N) is 1. The summed E-state index contributed by atoms with van der Waals surface area (Å²) < 4.78 is 35.7. The van der Waals surface area contributed by atoms with Crippen molar-refractivity contribution < 1.29 is 18.4 Å². The second-order valence-corrected chi connectivity index (χ2v) is 23.3. The van der Waals surface area contributed by atoms with Gasteiger partial charge in [0.1, 0.15) is 92.2 Å². The largest absolute Gasteiger partial charge is 0.383 e. The van der Waals surface area contributed by atoms with E-state index in [-0.39, 0.29) is 29.0 Å². The summed E-state index contributed by atoms with van der Waals surface area (Å²) >= 11 is 22.7. The Morgan fingerprint density at radius 2 is 1.02 bits per heavy atom. The zero-order chi connectivity index (χ0) is 56.4. The van der Waals surface area contributed by atoms with Crippen LogP contribution in [0.4, 0.5) is 14.6 Å². The van der Waals surface area contributed by atoms with E-state index in [1.165, 1.54) is 49.6 Å². The molecule has 80 heavy (non-hydrogen) atoms. The average Bonchev–Trinajstić information content (AvgIpc) is 4.25. The van der Waals surface area contributed by atoms with Gasteiger partial charge in [0.05, 0.1) is 21.5 Å². The van der Waals surface area contributed by atoms with E-state index in [0.29, 0.717) is 70.5 Å². The molecule has 8 heterocycles. The van der Waals surface area contributed by atoms with Gasteiger partial charge in [-0.15, -0.1) is 0 Å². The van der Waals surface area contributed by atoms with Crippen LogP contribution in [0, 0.1) is 36.5 Å². The smallest absolute Gasteiger partial charge is 0.292 e. The van der Waals surface area contributed by atoms with Crippen LogP contribution < -0.4 is 22.8 Å². The number of aromatic nitrogens is 12. The molecule has 9 N–H and O–H groups in total. The van der Waals surface area contributed by atoms with E-state index in [4.69, 9.17) is 57.6 Å². The van der Waals surface area contributed by atoms with Crippen LogP contribution in [0.5, 0.6) is 0 Å². The fraction of sp³-hybridized carbons (Fsp3) is 0.283. The maximum atomic E-state index is 13.7. The second-order valence-electron chi connectivity index (χ2n) is 19.9. The Bertz CT molecular complexity index is 3910. The van der Waals surface area contributed by atoms with Gasteiger partial charge in [0, 0.05) is 74.0 Å². The molecule has 0 spiro atoms. The van der Waals surface area contributed by atoms with E-state index in [0.717, 1.165) is 127 Å². The van der Waals surface area contributed by atoms with Gasteiger partial charge in [-0.1, -0.05) is 59.1 Å². The molecule has 0 amide bonds. The van der Waals surface area contributed by atoms with E-state index in [1.54, 1.807) is 12.1 Å². The number of nitrogens with zero attached hydrogens (tertiary/aromatic N) is 11. The molecule has 3 saturated carbocycles. The van der Waals surface area contributed by atoms with Crippen molar-refractivity contribution in [2.24, 2.45) is 34.8 Å². The Balaban J connectivity index is 0.000000124. The van der Waals surface area contributed by atoms with Gasteiger partial charge in [-0.3, -0.25) is 0 Å². The molecule has 3 fully saturated rings. The predicted molar refractivity (Wildman–Crippen MR) is 326 cm³/mol. The lowest BCUT2D eigenvalue weighted by Crippen LogP contribution is -2.31. The monoisotopic (exact) mass is 1360 g/mol. The van der Waals surface area contributed by atoms with Crippen LogP contribution in [0.3, 0.4) is 0 Å². The quantitative estimate of drug-likeness (QED) is 0.0433. The van der Waals surface area contributed by atoms with Gasteiger partial charge in [0.25, 0.3) is 14.8 Å². The number of carbonyl (C=O) groups excluding carboxylic acids is 2. The van der Waals surface area contributed by atoms with Crippen molar-refractivity contribution in [2.45, 2.75) is 69.5 Å². The number of H-pyrrole nitrogens is 1. The highest BCUT2D eigenvalue weighted by atomic mass is 127. The van der Waals surface area contributed by atoms with Gasteiger partial charge in [0.15, 0.2) is 0 Å². The Labute approximate surface area is 500 Å². The third-order valence-corrected chi connectivity index (χ3v) is 17.4. The van der Waals surface area contributed by atoms with E-state index < -0.39 is 0 Å². The van der Waals surface area contributed by atoms with Crippen LogP contribution in [-0.4, -0.2) is 91.3 Å². The van der Waals surface area contributed by atoms with Crippen molar-refractivity contribution in [2.75, 3.05) is 12.3 Å². The minimum atomic E-state index is -0.309. The number of rotatable bonds is 12. The van der Waals surface area contributed by atoms with Gasteiger partial charge in [-0.05, 0) is 143 Å². The maximum absolute atomic E-state index is 13.7. The SMILES string of the molecule is Clc1ncnc2[nH]cc(I)c12.NCC1CC(n2cc(-c3cccc(F)c3)c3c(N)ncnc32)C1.N[B]C(=O)CC1CC(n2cc(-c3cccc(F)c3)c3c(Cl)ncnc32)C1.N[B]C(=O)CC1CC(n2cc(I)c3c(Cl)ncnc32)C1. The molecule has 2 radical (unpaired) electrons. The van der Waals surface area contributed by atoms with Gasteiger partial charge in [0.2, 0.25) is 0 Å². The number of halogens is 7. The van der Waals surface area contributed by atoms with Crippen molar-refractivity contribution in [1.29, 1.82) is 0 Å². The molecule has 0 saturated heterocycles.